The molecule has 0 radical (unpaired) electrons. The summed E-state index contributed by atoms with van der Waals surface area (Å²) < 4.78 is 0. The fourth-order valence-corrected chi connectivity index (χ4v) is 3.15. The average molecular weight is 251 g/mol. The minimum absolute atomic E-state index is 0.0342. The number of fused-ring (bicyclic) bond motifs is 1. The van der Waals surface area contributed by atoms with Crippen molar-refractivity contribution in [2.75, 3.05) is 6.54 Å². The van der Waals surface area contributed by atoms with Crippen molar-refractivity contribution < 1.29 is 9.59 Å². The van der Waals surface area contributed by atoms with Crippen molar-refractivity contribution in [3.05, 3.63) is 0 Å². The van der Waals surface area contributed by atoms with Gasteiger partial charge in [-0.1, -0.05) is 32.1 Å². The van der Waals surface area contributed by atoms with Crippen LogP contribution in [0.5, 0.6) is 0 Å². The van der Waals surface area contributed by atoms with E-state index >= 15 is 0 Å². The number of hydrogen-bond acceptors (Lipinski definition) is 2. The zero-order chi connectivity index (χ0) is 13.0. The molecule has 2 unspecified atom stereocenters. The molecule has 1 aliphatic carbocycles. The second-order valence-electron chi connectivity index (χ2n) is 5.92. The minimum atomic E-state index is -0.0841. The smallest absolute Gasteiger partial charge is 0.229 e. The van der Waals surface area contributed by atoms with Gasteiger partial charge in [0.05, 0.1) is 0 Å². The molecule has 0 aromatic carbocycles. The predicted molar refractivity (Wildman–Crippen MR) is 70.9 cm³/mol. The van der Waals surface area contributed by atoms with Gasteiger partial charge in [-0.25, -0.2) is 0 Å². The maximum atomic E-state index is 11.9. The summed E-state index contributed by atoms with van der Waals surface area (Å²) in [6.45, 7) is 2.14. The van der Waals surface area contributed by atoms with Gasteiger partial charge in [-0.3, -0.25) is 14.5 Å². The van der Waals surface area contributed by atoms with Crippen LogP contribution in [0.1, 0.15) is 64.7 Å². The Morgan fingerprint density at radius 2 is 1.72 bits per heavy atom. The van der Waals surface area contributed by atoms with Gasteiger partial charge in [0, 0.05) is 19.9 Å². The SMILES string of the molecule is CC(=O)N1CCCCC2CC2CCCCCC1=O. The molecule has 2 amide bonds. The summed E-state index contributed by atoms with van der Waals surface area (Å²) in [5.74, 6) is 1.88. The van der Waals surface area contributed by atoms with Crippen LogP contribution in [-0.4, -0.2) is 23.3 Å². The Bertz CT molecular complexity index is 314. The Hall–Kier alpha value is -0.860. The predicted octanol–water partition coefficient (Wildman–Crippen LogP) is 3.13. The molecule has 0 bridgehead atoms. The van der Waals surface area contributed by atoms with Gasteiger partial charge in [-0.15, -0.1) is 0 Å². The van der Waals surface area contributed by atoms with E-state index in [1.165, 1.54) is 37.5 Å². The maximum absolute atomic E-state index is 11.9. The molecule has 3 heteroatoms. The fraction of sp³-hybridized carbons (Fsp3) is 0.867. The molecule has 1 saturated heterocycles. The largest absolute Gasteiger partial charge is 0.283 e. The molecule has 1 saturated carbocycles. The van der Waals surface area contributed by atoms with Crippen LogP contribution in [0.4, 0.5) is 0 Å². The van der Waals surface area contributed by atoms with Gasteiger partial charge >= 0.3 is 0 Å². The van der Waals surface area contributed by atoms with Gasteiger partial charge in [0.1, 0.15) is 0 Å². The van der Waals surface area contributed by atoms with Crippen LogP contribution in [0.2, 0.25) is 0 Å². The molecule has 2 rings (SSSR count). The lowest BCUT2D eigenvalue weighted by Crippen LogP contribution is -2.35. The van der Waals surface area contributed by atoms with E-state index in [-0.39, 0.29) is 11.8 Å². The summed E-state index contributed by atoms with van der Waals surface area (Å²) in [6.07, 6.45) is 10.1. The van der Waals surface area contributed by atoms with E-state index in [2.05, 4.69) is 0 Å². The third-order valence-corrected chi connectivity index (χ3v) is 4.42. The van der Waals surface area contributed by atoms with Gasteiger partial charge in [-0.2, -0.15) is 0 Å². The molecule has 0 aromatic heterocycles. The van der Waals surface area contributed by atoms with E-state index < -0.39 is 0 Å². The molecular formula is C15H25NO2. The van der Waals surface area contributed by atoms with E-state index in [1.54, 1.807) is 0 Å². The summed E-state index contributed by atoms with van der Waals surface area (Å²) in [4.78, 5) is 24.9. The highest BCUT2D eigenvalue weighted by Gasteiger charge is 2.35. The fourth-order valence-electron chi connectivity index (χ4n) is 3.15. The van der Waals surface area contributed by atoms with Crippen LogP contribution in [0.15, 0.2) is 0 Å². The van der Waals surface area contributed by atoms with E-state index in [0.29, 0.717) is 13.0 Å². The van der Waals surface area contributed by atoms with Crippen molar-refractivity contribution in [1.82, 2.24) is 4.90 Å². The third kappa shape index (κ3) is 3.82. The number of carbonyl (C=O) groups is 2. The third-order valence-electron chi connectivity index (χ3n) is 4.42. The monoisotopic (exact) mass is 251 g/mol. The van der Waals surface area contributed by atoms with Crippen molar-refractivity contribution in [2.24, 2.45) is 11.8 Å². The first kappa shape index (κ1) is 13.6. The standard InChI is InChI=1S/C15H25NO2/c1-12(17)16-10-6-5-8-14-11-13(14)7-3-2-4-9-15(16)18/h13-14H,2-11H2,1H3. The van der Waals surface area contributed by atoms with Crippen LogP contribution in [-0.2, 0) is 9.59 Å². The van der Waals surface area contributed by atoms with Gasteiger partial charge in [0.15, 0.2) is 0 Å². The molecule has 18 heavy (non-hydrogen) atoms. The normalized spacial score (nSPS) is 30.7. The van der Waals surface area contributed by atoms with Crippen LogP contribution >= 0.6 is 0 Å². The lowest BCUT2D eigenvalue weighted by atomic mass is 10.1. The molecule has 0 aromatic rings. The Morgan fingerprint density at radius 1 is 1.06 bits per heavy atom. The number of amides is 2. The zero-order valence-electron chi connectivity index (χ0n) is 11.5. The second kappa shape index (κ2) is 6.35. The summed E-state index contributed by atoms with van der Waals surface area (Å²) in [7, 11) is 0. The van der Waals surface area contributed by atoms with Crippen LogP contribution in [0, 0.1) is 11.8 Å². The van der Waals surface area contributed by atoms with Crippen LogP contribution < -0.4 is 0 Å². The number of carbonyl (C=O) groups excluding carboxylic acids is 2. The highest BCUT2D eigenvalue weighted by Crippen LogP contribution is 2.45. The lowest BCUT2D eigenvalue weighted by molar-refractivity contribution is -0.143. The van der Waals surface area contributed by atoms with Crippen molar-refractivity contribution >= 4 is 11.8 Å². The highest BCUT2D eigenvalue weighted by molar-refractivity contribution is 5.94. The summed E-state index contributed by atoms with van der Waals surface area (Å²) >= 11 is 0. The Balaban J connectivity index is 1.86. The van der Waals surface area contributed by atoms with Crippen molar-refractivity contribution in [2.45, 2.75) is 64.7 Å². The second-order valence-corrected chi connectivity index (χ2v) is 5.92. The molecule has 0 N–H and O–H groups in total. The first-order chi connectivity index (χ1) is 8.68. The van der Waals surface area contributed by atoms with Crippen molar-refractivity contribution in [1.29, 1.82) is 0 Å². The van der Waals surface area contributed by atoms with E-state index in [1.807, 2.05) is 0 Å². The number of hydrogen-bond donors (Lipinski definition) is 0. The zero-order valence-corrected chi connectivity index (χ0v) is 11.5. The van der Waals surface area contributed by atoms with Crippen LogP contribution in [0.25, 0.3) is 0 Å². The first-order valence-corrected chi connectivity index (χ1v) is 7.49. The number of imide groups is 1. The van der Waals surface area contributed by atoms with Crippen LogP contribution in [0.3, 0.4) is 0 Å². The van der Waals surface area contributed by atoms with Gasteiger partial charge in [0.2, 0.25) is 11.8 Å². The minimum Gasteiger partial charge on any atom is -0.283 e. The molecule has 2 aliphatic rings. The summed E-state index contributed by atoms with van der Waals surface area (Å²) in [5, 5.41) is 0. The molecule has 1 aliphatic heterocycles. The molecule has 102 valence electrons. The first-order valence-electron chi connectivity index (χ1n) is 7.49. The quantitative estimate of drug-likeness (QED) is 0.663. The topological polar surface area (TPSA) is 37.4 Å². The molecule has 0 spiro atoms. The van der Waals surface area contributed by atoms with E-state index in [0.717, 1.165) is 37.5 Å². The van der Waals surface area contributed by atoms with E-state index in [4.69, 9.17) is 0 Å². The number of nitrogens with zero attached hydrogens (tertiary/aromatic N) is 1. The van der Waals surface area contributed by atoms with Crippen molar-refractivity contribution in [3.8, 4) is 0 Å². The Kier molecular flexibility index (Phi) is 4.79. The van der Waals surface area contributed by atoms with Crippen molar-refractivity contribution in [3.63, 3.8) is 0 Å². The van der Waals surface area contributed by atoms with Gasteiger partial charge < -0.3 is 0 Å². The molecule has 2 atom stereocenters. The molecule has 2 fully saturated rings. The molecular weight excluding hydrogens is 226 g/mol. The Morgan fingerprint density at radius 3 is 2.39 bits per heavy atom. The Labute approximate surface area is 110 Å². The van der Waals surface area contributed by atoms with Gasteiger partial charge in [-0.05, 0) is 31.1 Å². The van der Waals surface area contributed by atoms with Gasteiger partial charge in [0.25, 0.3) is 0 Å². The molecule has 1 heterocycles. The highest BCUT2D eigenvalue weighted by atomic mass is 16.2. The van der Waals surface area contributed by atoms with E-state index in [9.17, 15) is 9.59 Å². The lowest BCUT2D eigenvalue weighted by Gasteiger charge is -2.19. The maximum Gasteiger partial charge on any atom is 0.229 e. The number of rotatable bonds is 0. The summed E-state index contributed by atoms with van der Waals surface area (Å²) in [5.41, 5.74) is 0. The average Bonchev–Trinajstić information content (AvgIpc) is 3.05. The summed E-state index contributed by atoms with van der Waals surface area (Å²) in [6, 6.07) is 0. The molecule has 3 nitrogen and oxygen atoms in total.